The summed E-state index contributed by atoms with van der Waals surface area (Å²) in [6.45, 7) is 2.88. The number of hydrogen-bond donors (Lipinski definition) is 1. The molecule has 1 atom stereocenters. The lowest BCUT2D eigenvalue weighted by atomic mass is 10.2. The van der Waals surface area contributed by atoms with Gasteiger partial charge in [0.2, 0.25) is 11.8 Å². The van der Waals surface area contributed by atoms with Crippen LogP contribution in [-0.2, 0) is 9.59 Å². The minimum absolute atomic E-state index is 0.0675. The van der Waals surface area contributed by atoms with E-state index in [9.17, 15) is 9.59 Å². The van der Waals surface area contributed by atoms with Crippen molar-refractivity contribution < 1.29 is 14.3 Å². The van der Waals surface area contributed by atoms with E-state index in [0.717, 1.165) is 12.2 Å². The van der Waals surface area contributed by atoms with Gasteiger partial charge in [0, 0.05) is 24.2 Å². The zero-order chi connectivity index (χ0) is 22.9. The highest BCUT2D eigenvalue weighted by Gasteiger charge is 2.37. The predicted octanol–water partition coefficient (Wildman–Crippen LogP) is 5.89. The third-order valence-corrected chi connectivity index (χ3v) is 6.41. The number of hydrogen-bond acceptors (Lipinski definition) is 5. The Morgan fingerprint density at radius 2 is 1.97 bits per heavy atom. The lowest BCUT2D eigenvalue weighted by Crippen LogP contribution is -2.30. The van der Waals surface area contributed by atoms with Crippen molar-refractivity contribution in [3.05, 3.63) is 53.6 Å². The van der Waals surface area contributed by atoms with Crippen molar-refractivity contribution >= 4 is 51.7 Å². The summed E-state index contributed by atoms with van der Waals surface area (Å²) >= 11 is 7.29. The zero-order valence-electron chi connectivity index (χ0n) is 18.3. The molecule has 0 spiro atoms. The molecule has 1 aliphatic heterocycles. The van der Waals surface area contributed by atoms with Crippen molar-refractivity contribution in [1.29, 1.82) is 0 Å². The van der Waals surface area contributed by atoms with E-state index in [4.69, 9.17) is 16.3 Å². The molecule has 0 saturated carbocycles. The molecule has 1 N–H and O–H groups in total. The molecule has 1 unspecified atom stereocenters. The molecule has 6 nitrogen and oxygen atoms in total. The van der Waals surface area contributed by atoms with E-state index >= 15 is 0 Å². The van der Waals surface area contributed by atoms with Gasteiger partial charge in [0.25, 0.3) is 0 Å². The van der Waals surface area contributed by atoms with E-state index in [0.29, 0.717) is 28.2 Å². The van der Waals surface area contributed by atoms with Crippen molar-refractivity contribution in [2.75, 3.05) is 19.0 Å². The molecule has 1 aliphatic rings. The molecule has 0 radical (unpaired) electrons. The molecule has 170 valence electrons. The Morgan fingerprint density at radius 1 is 1.19 bits per heavy atom. The zero-order valence-corrected chi connectivity index (χ0v) is 19.9. The molecule has 2 amide bonds. The number of aliphatic imine (C=N–C) groups is 1. The minimum atomic E-state index is -0.510. The minimum Gasteiger partial charge on any atom is -0.494 e. The summed E-state index contributed by atoms with van der Waals surface area (Å²) in [6, 6.07) is 14.4. The van der Waals surface area contributed by atoms with Gasteiger partial charge in [-0.25, -0.2) is 4.99 Å². The highest BCUT2D eigenvalue weighted by molar-refractivity contribution is 8.15. The number of unbranched alkanes of at least 4 members (excludes halogenated alkanes) is 3. The maximum absolute atomic E-state index is 12.6. The Balaban J connectivity index is 1.50. The van der Waals surface area contributed by atoms with Crippen molar-refractivity contribution in [1.82, 2.24) is 4.90 Å². The fourth-order valence-corrected chi connectivity index (χ4v) is 4.53. The third-order valence-electron chi connectivity index (χ3n) is 4.95. The van der Waals surface area contributed by atoms with E-state index in [2.05, 4.69) is 17.2 Å². The highest BCUT2D eigenvalue weighted by atomic mass is 35.5. The van der Waals surface area contributed by atoms with Crippen LogP contribution in [0.15, 0.2) is 53.5 Å². The van der Waals surface area contributed by atoms with Crippen LogP contribution in [0.25, 0.3) is 0 Å². The van der Waals surface area contributed by atoms with Gasteiger partial charge in [-0.3, -0.25) is 14.5 Å². The molecule has 3 rings (SSSR count). The van der Waals surface area contributed by atoms with Gasteiger partial charge in [0.1, 0.15) is 11.0 Å². The van der Waals surface area contributed by atoms with Gasteiger partial charge in [0.05, 0.1) is 12.3 Å². The summed E-state index contributed by atoms with van der Waals surface area (Å²) in [5.41, 5.74) is 1.34. The largest absolute Gasteiger partial charge is 0.494 e. The molecule has 1 saturated heterocycles. The number of rotatable bonds is 10. The van der Waals surface area contributed by atoms with Crippen LogP contribution in [-0.4, -0.2) is 40.8 Å². The summed E-state index contributed by atoms with van der Waals surface area (Å²) < 4.78 is 5.73. The number of anilines is 1. The number of halogens is 1. The molecule has 2 aromatic carbocycles. The third kappa shape index (κ3) is 7.00. The Morgan fingerprint density at radius 3 is 2.69 bits per heavy atom. The molecular weight excluding hydrogens is 446 g/mol. The number of carbonyl (C=O) groups is 2. The van der Waals surface area contributed by atoms with Crippen LogP contribution < -0.4 is 10.1 Å². The molecule has 2 aromatic rings. The number of nitrogens with one attached hydrogen (secondary N) is 1. The molecule has 32 heavy (non-hydrogen) atoms. The van der Waals surface area contributed by atoms with Crippen LogP contribution in [0.3, 0.4) is 0 Å². The van der Waals surface area contributed by atoms with Crippen LogP contribution in [0.1, 0.15) is 39.0 Å². The first-order valence-corrected chi connectivity index (χ1v) is 12.0. The molecule has 1 heterocycles. The van der Waals surface area contributed by atoms with Gasteiger partial charge in [-0.2, -0.15) is 0 Å². The number of thioether (sulfide) groups is 1. The SMILES string of the molecule is CCCCCCOc1ccc(NC(=O)CC2SC(=Nc3cccc(Cl)c3)N(C)C2=O)cc1. The smallest absolute Gasteiger partial charge is 0.242 e. The second-order valence-electron chi connectivity index (χ2n) is 7.56. The Labute approximate surface area is 198 Å². The topological polar surface area (TPSA) is 71.0 Å². The van der Waals surface area contributed by atoms with Gasteiger partial charge in [-0.1, -0.05) is 55.6 Å². The maximum atomic E-state index is 12.6. The van der Waals surface area contributed by atoms with Crippen LogP contribution in [0.4, 0.5) is 11.4 Å². The fraction of sp³-hybridized carbons (Fsp3) is 0.375. The van der Waals surface area contributed by atoms with Crippen molar-refractivity contribution in [2.45, 2.75) is 44.3 Å². The van der Waals surface area contributed by atoms with Gasteiger partial charge >= 0.3 is 0 Å². The van der Waals surface area contributed by atoms with Crippen molar-refractivity contribution in [3.8, 4) is 5.75 Å². The second-order valence-corrected chi connectivity index (χ2v) is 9.17. The number of carbonyl (C=O) groups excluding carboxylic acids is 2. The summed E-state index contributed by atoms with van der Waals surface area (Å²) in [5, 5.41) is 3.47. The first-order valence-electron chi connectivity index (χ1n) is 10.8. The molecule has 1 fully saturated rings. The molecular formula is C24H28ClN3O3S. The van der Waals surface area contributed by atoms with Gasteiger partial charge < -0.3 is 10.1 Å². The van der Waals surface area contributed by atoms with Crippen LogP contribution in [0.2, 0.25) is 5.02 Å². The average Bonchev–Trinajstić information content (AvgIpc) is 3.02. The number of ether oxygens (including phenoxy) is 1. The monoisotopic (exact) mass is 473 g/mol. The lowest BCUT2D eigenvalue weighted by molar-refractivity contribution is -0.127. The average molecular weight is 474 g/mol. The lowest BCUT2D eigenvalue weighted by Gasteiger charge is -2.10. The summed E-state index contributed by atoms with van der Waals surface area (Å²) in [4.78, 5) is 31.1. The Kier molecular flexibility index (Phi) is 9.00. The number of amidine groups is 1. The quantitative estimate of drug-likeness (QED) is 0.437. The highest BCUT2D eigenvalue weighted by Crippen LogP contribution is 2.31. The predicted molar refractivity (Wildman–Crippen MR) is 132 cm³/mol. The number of nitrogens with zero attached hydrogens (tertiary/aromatic N) is 2. The van der Waals surface area contributed by atoms with E-state index in [1.54, 1.807) is 37.4 Å². The van der Waals surface area contributed by atoms with E-state index in [1.807, 2.05) is 18.2 Å². The van der Waals surface area contributed by atoms with Crippen LogP contribution in [0, 0.1) is 0 Å². The number of amides is 2. The first-order chi connectivity index (χ1) is 15.5. The van der Waals surface area contributed by atoms with E-state index in [1.165, 1.54) is 35.9 Å². The number of benzene rings is 2. The standard InChI is InChI=1S/C24H28ClN3O3S/c1-3-4-5-6-14-31-20-12-10-18(11-13-20)26-22(29)16-21-23(30)28(2)24(32-21)27-19-9-7-8-17(25)15-19/h7-13,15,21H,3-6,14,16H2,1-2H3,(H,26,29). The normalized spacial score (nSPS) is 17.1. The maximum Gasteiger partial charge on any atom is 0.242 e. The molecule has 8 heteroatoms. The summed E-state index contributed by atoms with van der Waals surface area (Å²) in [7, 11) is 1.66. The first kappa shape index (κ1) is 24.1. The van der Waals surface area contributed by atoms with Crippen molar-refractivity contribution in [2.24, 2.45) is 4.99 Å². The molecule has 0 bridgehead atoms. The fourth-order valence-electron chi connectivity index (χ4n) is 3.19. The summed E-state index contributed by atoms with van der Waals surface area (Å²) in [5.74, 6) is 0.420. The van der Waals surface area contributed by atoms with Gasteiger partial charge in [0.15, 0.2) is 5.17 Å². The van der Waals surface area contributed by atoms with Crippen molar-refractivity contribution in [3.63, 3.8) is 0 Å². The summed E-state index contributed by atoms with van der Waals surface area (Å²) in [6.07, 6.45) is 4.70. The van der Waals surface area contributed by atoms with E-state index < -0.39 is 5.25 Å². The van der Waals surface area contributed by atoms with E-state index in [-0.39, 0.29) is 18.2 Å². The van der Waals surface area contributed by atoms with Crippen LogP contribution >= 0.6 is 23.4 Å². The second kappa shape index (κ2) is 11.9. The molecule has 0 aliphatic carbocycles. The van der Waals surface area contributed by atoms with Crippen LogP contribution in [0.5, 0.6) is 5.75 Å². The van der Waals surface area contributed by atoms with Gasteiger partial charge in [-0.15, -0.1) is 0 Å². The Bertz CT molecular complexity index is 965. The van der Waals surface area contributed by atoms with Gasteiger partial charge in [-0.05, 0) is 48.9 Å². The Hall–Kier alpha value is -2.51. The molecule has 0 aromatic heterocycles.